The molecular weight excluding hydrogens is 210 g/mol. The van der Waals surface area contributed by atoms with Crippen molar-refractivity contribution < 1.29 is 0 Å². The summed E-state index contributed by atoms with van der Waals surface area (Å²) < 4.78 is 2.07. The van der Waals surface area contributed by atoms with Crippen LogP contribution in [0.15, 0.2) is 12.4 Å². The quantitative estimate of drug-likeness (QED) is 0.822. The molecule has 0 amide bonds. The van der Waals surface area contributed by atoms with Crippen LogP contribution in [0.25, 0.3) is 0 Å². The van der Waals surface area contributed by atoms with Gasteiger partial charge in [0.1, 0.15) is 0 Å². The molecule has 3 heteroatoms. The topological polar surface area (TPSA) is 29.9 Å². The molecule has 3 nitrogen and oxygen atoms in total. The molecule has 0 aliphatic carbocycles. The molecule has 0 saturated carbocycles. The van der Waals surface area contributed by atoms with Crippen molar-refractivity contribution in [2.45, 2.75) is 60.0 Å². The van der Waals surface area contributed by atoms with Gasteiger partial charge in [-0.05, 0) is 24.8 Å². The maximum atomic E-state index is 4.45. The number of aromatic nitrogens is 2. The second kappa shape index (κ2) is 6.20. The van der Waals surface area contributed by atoms with Gasteiger partial charge in [0.15, 0.2) is 0 Å². The largest absolute Gasteiger partial charge is 0.310 e. The van der Waals surface area contributed by atoms with Crippen LogP contribution < -0.4 is 5.32 Å². The first-order valence-electron chi connectivity index (χ1n) is 6.72. The van der Waals surface area contributed by atoms with Gasteiger partial charge in [-0.25, -0.2) is 0 Å². The second-order valence-electron chi connectivity index (χ2n) is 5.87. The predicted molar refractivity (Wildman–Crippen MR) is 73.0 cm³/mol. The Kier molecular flexibility index (Phi) is 5.19. The van der Waals surface area contributed by atoms with Crippen LogP contribution in [0, 0.1) is 5.41 Å². The van der Waals surface area contributed by atoms with Gasteiger partial charge >= 0.3 is 0 Å². The maximum Gasteiger partial charge on any atom is 0.0537 e. The molecule has 1 aromatic rings. The minimum absolute atomic E-state index is 0.373. The van der Waals surface area contributed by atoms with Crippen molar-refractivity contribution in [3.05, 3.63) is 18.0 Å². The molecule has 1 aromatic heterocycles. The van der Waals surface area contributed by atoms with Crippen molar-refractivity contribution in [2.75, 3.05) is 6.54 Å². The highest BCUT2D eigenvalue weighted by Gasteiger charge is 2.12. The predicted octanol–water partition coefficient (Wildman–Crippen LogP) is 3.38. The zero-order valence-electron chi connectivity index (χ0n) is 12.0. The Bertz CT molecular complexity index is 322. The zero-order valence-corrected chi connectivity index (χ0v) is 12.0. The molecule has 1 heterocycles. The van der Waals surface area contributed by atoms with E-state index in [0.717, 1.165) is 25.9 Å². The van der Waals surface area contributed by atoms with Gasteiger partial charge in [0.25, 0.3) is 0 Å². The van der Waals surface area contributed by atoms with Crippen LogP contribution in [0.5, 0.6) is 0 Å². The average molecular weight is 237 g/mol. The minimum atomic E-state index is 0.373. The highest BCUT2D eigenvalue weighted by Crippen LogP contribution is 2.20. The SMILES string of the molecule is CCNC(CC)c1cnn(CCC(C)(C)C)c1. The third-order valence-corrected chi connectivity index (χ3v) is 3.01. The molecule has 0 aliphatic heterocycles. The van der Waals surface area contributed by atoms with Gasteiger partial charge in [0.2, 0.25) is 0 Å². The molecule has 98 valence electrons. The second-order valence-corrected chi connectivity index (χ2v) is 5.87. The highest BCUT2D eigenvalue weighted by atomic mass is 15.3. The Hall–Kier alpha value is -0.830. The summed E-state index contributed by atoms with van der Waals surface area (Å²) in [6, 6.07) is 0.448. The summed E-state index contributed by atoms with van der Waals surface area (Å²) in [6.45, 7) is 13.2. The number of aryl methyl sites for hydroxylation is 1. The Morgan fingerprint density at radius 3 is 2.59 bits per heavy atom. The van der Waals surface area contributed by atoms with E-state index in [2.05, 4.69) is 55.9 Å². The lowest BCUT2D eigenvalue weighted by Gasteiger charge is -2.17. The van der Waals surface area contributed by atoms with Gasteiger partial charge in [-0.1, -0.05) is 34.6 Å². The van der Waals surface area contributed by atoms with Crippen molar-refractivity contribution in [3.63, 3.8) is 0 Å². The van der Waals surface area contributed by atoms with E-state index < -0.39 is 0 Å². The van der Waals surface area contributed by atoms with E-state index in [9.17, 15) is 0 Å². The molecule has 0 bridgehead atoms. The van der Waals surface area contributed by atoms with Crippen LogP contribution >= 0.6 is 0 Å². The summed E-state index contributed by atoms with van der Waals surface area (Å²) in [6.07, 6.45) is 6.45. The van der Waals surface area contributed by atoms with Gasteiger partial charge in [-0.3, -0.25) is 4.68 Å². The third-order valence-electron chi connectivity index (χ3n) is 3.01. The van der Waals surface area contributed by atoms with E-state index in [1.165, 1.54) is 5.56 Å². The summed E-state index contributed by atoms with van der Waals surface area (Å²) in [7, 11) is 0. The van der Waals surface area contributed by atoms with Crippen molar-refractivity contribution in [1.82, 2.24) is 15.1 Å². The van der Waals surface area contributed by atoms with Gasteiger partial charge in [0.05, 0.1) is 6.20 Å². The Morgan fingerprint density at radius 2 is 2.06 bits per heavy atom. The van der Waals surface area contributed by atoms with E-state index in [-0.39, 0.29) is 0 Å². The molecular formula is C14H27N3. The van der Waals surface area contributed by atoms with Crippen molar-refractivity contribution in [3.8, 4) is 0 Å². The molecule has 0 aliphatic rings. The smallest absolute Gasteiger partial charge is 0.0537 e. The third kappa shape index (κ3) is 4.90. The summed E-state index contributed by atoms with van der Waals surface area (Å²) in [5, 5.41) is 7.93. The normalized spacial score (nSPS) is 13.9. The summed E-state index contributed by atoms with van der Waals surface area (Å²) >= 11 is 0. The summed E-state index contributed by atoms with van der Waals surface area (Å²) in [5.74, 6) is 0. The molecule has 1 atom stereocenters. The van der Waals surface area contributed by atoms with E-state index >= 15 is 0 Å². The summed E-state index contributed by atoms with van der Waals surface area (Å²) in [5.41, 5.74) is 1.68. The van der Waals surface area contributed by atoms with Crippen LogP contribution in [0.3, 0.4) is 0 Å². The number of hydrogen-bond acceptors (Lipinski definition) is 2. The lowest BCUT2D eigenvalue weighted by molar-refractivity contribution is 0.341. The average Bonchev–Trinajstić information content (AvgIpc) is 2.70. The van der Waals surface area contributed by atoms with Crippen molar-refractivity contribution in [1.29, 1.82) is 0 Å². The lowest BCUT2D eigenvalue weighted by atomic mass is 9.92. The van der Waals surface area contributed by atoms with Gasteiger partial charge in [0, 0.05) is 24.3 Å². The van der Waals surface area contributed by atoms with Crippen LogP contribution in [-0.4, -0.2) is 16.3 Å². The molecule has 1 rings (SSSR count). The number of hydrogen-bond donors (Lipinski definition) is 1. The van der Waals surface area contributed by atoms with Crippen LogP contribution in [-0.2, 0) is 6.54 Å². The fraction of sp³-hybridized carbons (Fsp3) is 0.786. The van der Waals surface area contributed by atoms with Crippen LogP contribution in [0.1, 0.15) is 59.1 Å². The Labute approximate surface area is 106 Å². The van der Waals surface area contributed by atoms with Crippen molar-refractivity contribution in [2.24, 2.45) is 5.41 Å². The number of nitrogens with zero attached hydrogens (tertiary/aromatic N) is 2. The van der Waals surface area contributed by atoms with E-state index in [0.29, 0.717) is 11.5 Å². The van der Waals surface area contributed by atoms with Crippen LogP contribution in [0.4, 0.5) is 0 Å². The first kappa shape index (κ1) is 14.2. The molecule has 17 heavy (non-hydrogen) atoms. The molecule has 0 spiro atoms. The monoisotopic (exact) mass is 237 g/mol. The van der Waals surface area contributed by atoms with E-state index in [4.69, 9.17) is 0 Å². The Balaban J connectivity index is 2.58. The Morgan fingerprint density at radius 1 is 1.35 bits per heavy atom. The molecule has 0 fully saturated rings. The van der Waals surface area contributed by atoms with Crippen molar-refractivity contribution >= 4 is 0 Å². The van der Waals surface area contributed by atoms with E-state index in [1.807, 2.05) is 6.20 Å². The zero-order chi connectivity index (χ0) is 12.9. The van der Waals surface area contributed by atoms with Gasteiger partial charge in [-0.15, -0.1) is 0 Å². The number of rotatable bonds is 6. The first-order valence-corrected chi connectivity index (χ1v) is 6.72. The standard InChI is InChI=1S/C14H27N3/c1-6-13(15-7-2)12-10-16-17(11-12)9-8-14(3,4)5/h10-11,13,15H,6-9H2,1-5H3. The lowest BCUT2D eigenvalue weighted by Crippen LogP contribution is -2.19. The minimum Gasteiger partial charge on any atom is -0.310 e. The molecule has 0 radical (unpaired) electrons. The van der Waals surface area contributed by atoms with E-state index in [1.54, 1.807) is 0 Å². The van der Waals surface area contributed by atoms with Crippen LogP contribution in [0.2, 0.25) is 0 Å². The first-order chi connectivity index (χ1) is 7.96. The molecule has 0 aromatic carbocycles. The molecule has 1 unspecified atom stereocenters. The summed E-state index contributed by atoms with van der Waals surface area (Å²) in [4.78, 5) is 0. The fourth-order valence-electron chi connectivity index (χ4n) is 1.88. The van der Waals surface area contributed by atoms with Gasteiger partial charge in [-0.2, -0.15) is 5.10 Å². The molecule has 1 N–H and O–H groups in total. The maximum absolute atomic E-state index is 4.45. The fourth-order valence-corrected chi connectivity index (χ4v) is 1.88. The molecule has 0 saturated heterocycles. The van der Waals surface area contributed by atoms with Gasteiger partial charge < -0.3 is 5.32 Å². The highest BCUT2D eigenvalue weighted by molar-refractivity contribution is 5.10. The number of nitrogens with one attached hydrogen (secondary N) is 1.